The highest BCUT2D eigenvalue weighted by atomic mass is 16.5. The number of hydrogen-bond acceptors (Lipinski definition) is 5. The van der Waals surface area contributed by atoms with Crippen LogP contribution in [0.3, 0.4) is 0 Å². The van der Waals surface area contributed by atoms with Crippen LogP contribution in [0.15, 0.2) is 60.7 Å². The number of aliphatic hydroxyl groups is 2. The molecule has 0 aliphatic heterocycles. The van der Waals surface area contributed by atoms with Gasteiger partial charge in [-0.05, 0) is 68.4 Å². The Morgan fingerprint density at radius 1 is 0.738 bits per heavy atom. The van der Waals surface area contributed by atoms with Crippen molar-refractivity contribution in [3.63, 3.8) is 0 Å². The third-order valence-corrected chi connectivity index (χ3v) is 6.88. The zero-order valence-electron chi connectivity index (χ0n) is 27.0. The highest BCUT2D eigenvalue weighted by Crippen LogP contribution is 2.30. The van der Waals surface area contributed by atoms with E-state index in [9.17, 15) is 9.90 Å². The van der Waals surface area contributed by atoms with Crippen molar-refractivity contribution in [1.29, 1.82) is 0 Å². The molecule has 2 aromatic carbocycles. The predicted molar refractivity (Wildman–Crippen MR) is 175 cm³/mol. The van der Waals surface area contributed by atoms with Crippen LogP contribution in [0, 0.1) is 0 Å². The van der Waals surface area contributed by atoms with Gasteiger partial charge in [-0.2, -0.15) is 0 Å². The monoisotopic (exact) mass is 583 g/mol. The molecule has 2 aromatic rings. The summed E-state index contributed by atoms with van der Waals surface area (Å²) in [4.78, 5) is 9.49. The van der Waals surface area contributed by atoms with Crippen molar-refractivity contribution in [2.75, 3.05) is 6.61 Å². The van der Waals surface area contributed by atoms with Crippen LogP contribution in [0.2, 0.25) is 0 Å². The van der Waals surface area contributed by atoms with Crippen LogP contribution in [-0.2, 0) is 17.6 Å². The average Bonchev–Trinajstić information content (AvgIpc) is 2.98. The SMILES string of the molecule is C=C(C)C(=O)[O-].CC(O)CO.CCCCCCCCCc1ccccc1Oc1ccccc1CCCCCCCCC. The van der Waals surface area contributed by atoms with Crippen molar-refractivity contribution in [3.8, 4) is 11.5 Å². The normalized spacial score (nSPS) is 11.0. The van der Waals surface area contributed by atoms with Crippen molar-refractivity contribution in [3.05, 3.63) is 71.8 Å². The zero-order valence-corrected chi connectivity index (χ0v) is 27.0. The van der Waals surface area contributed by atoms with E-state index in [0.29, 0.717) is 0 Å². The first kappa shape index (κ1) is 39.4. The highest BCUT2D eigenvalue weighted by molar-refractivity contribution is 5.82. The van der Waals surface area contributed by atoms with Crippen LogP contribution < -0.4 is 9.84 Å². The van der Waals surface area contributed by atoms with Crippen LogP contribution >= 0.6 is 0 Å². The second kappa shape index (κ2) is 27.2. The number of carbonyl (C=O) groups is 1. The summed E-state index contributed by atoms with van der Waals surface area (Å²) < 4.78 is 6.46. The van der Waals surface area contributed by atoms with Gasteiger partial charge in [-0.3, -0.25) is 0 Å². The second-order valence-electron chi connectivity index (χ2n) is 11.2. The summed E-state index contributed by atoms with van der Waals surface area (Å²) in [6.45, 7) is 10.4. The Morgan fingerprint density at radius 2 is 1.05 bits per heavy atom. The molecule has 5 nitrogen and oxygen atoms in total. The van der Waals surface area contributed by atoms with E-state index in [1.54, 1.807) is 0 Å². The molecule has 0 aliphatic carbocycles. The number of aliphatic hydroxyl groups excluding tert-OH is 2. The predicted octanol–water partition coefficient (Wildman–Crippen LogP) is 8.74. The standard InChI is InChI=1S/C30H46O.C4H6O2.C3H8O2/c1-3-5-7-9-11-13-15-21-27-23-17-19-25-29(27)31-30-26-20-18-24-28(30)22-16-14-12-10-8-6-4-2;1-3(2)4(5)6;1-3(5)2-4/h17-20,23-26H,3-16,21-22H2,1-2H3;1H2,2H3,(H,5,6);3-5H,2H2,1H3/p-1. The molecule has 0 saturated heterocycles. The molecule has 0 saturated carbocycles. The molecular formula is C37H59O5-. The average molecular weight is 584 g/mol. The lowest BCUT2D eigenvalue weighted by Crippen LogP contribution is -2.22. The van der Waals surface area contributed by atoms with E-state index in [2.05, 4.69) is 69.0 Å². The Labute approximate surface area is 257 Å². The minimum absolute atomic E-state index is 0.0648. The van der Waals surface area contributed by atoms with Crippen molar-refractivity contribution < 1.29 is 24.9 Å². The number of carboxylic acids is 1. The molecule has 0 heterocycles. The summed E-state index contributed by atoms with van der Waals surface area (Å²) in [6.07, 6.45) is 20.5. The maximum Gasteiger partial charge on any atom is 0.130 e. The first-order valence-electron chi connectivity index (χ1n) is 16.3. The molecule has 0 spiro atoms. The summed E-state index contributed by atoms with van der Waals surface area (Å²) in [5, 5.41) is 25.5. The number of unbranched alkanes of at least 4 members (excludes halogenated alkanes) is 12. The molecule has 238 valence electrons. The Morgan fingerprint density at radius 3 is 1.36 bits per heavy atom. The fourth-order valence-corrected chi connectivity index (χ4v) is 4.28. The second-order valence-corrected chi connectivity index (χ2v) is 11.2. The topological polar surface area (TPSA) is 89.8 Å². The molecule has 5 heteroatoms. The molecule has 1 atom stereocenters. The van der Waals surface area contributed by atoms with Gasteiger partial charge in [0, 0.05) is 0 Å². The van der Waals surface area contributed by atoms with E-state index in [0.717, 1.165) is 24.3 Å². The van der Waals surface area contributed by atoms with Gasteiger partial charge in [0.2, 0.25) is 0 Å². The number of carbonyl (C=O) groups excluding carboxylic acids is 1. The molecule has 0 amide bonds. The number of aliphatic carboxylic acids is 1. The quantitative estimate of drug-likeness (QED) is 0.120. The summed E-state index contributed by atoms with van der Waals surface area (Å²) >= 11 is 0. The van der Waals surface area contributed by atoms with Gasteiger partial charge in [0.1, 0.15) is 11.5 Å². The van der Waals surface area contributed by atoms with Crippen LogP contribution in [0.4, 0.5) is 0 Å². The number of hydrogen-bond donors (Lipinski definition) is 2. The maximum absolute atomic E-state index is 9.49. The lowest BCUT2D eigenvalue weighted by molar-refractivity contribution is -0.299. The number of benzene rings is 2. The van der Waals surface area contributed by atoms with Gasteiger partial charge in [0.05, 0.1) is 18.7 Å². The number of rotatable bonds is 20. The van der Waals surface area contributed by atoms with Gasteiger partial charge in [0.15, 0.2) is 0 Å². The summed E-state index contributed by atoms with van der Waals surface area (Å²) in [5.74, 6) is 0.899. The molecular weight excluding hydrogens is 524 g/mol. The Bertz CT molecular complexity index is 866. The first-order valence-corrected chi connectivity index (χ1v) is 16.3. The van der Waals surface area contributed by atoms with Crippen molar-refractivity contribution in [2.45, 2.75) is 137 Å². The van der Waals surface area contributed by atoms with Gasteiger partial charge in [-0.15, -0.1) is 0 Å². The molecule has 0 fully saturated rings. The first-order chi connectivity index (χ1) is 20.3. The number of carboxylic acid groups (broad SMARTS) is 1. The van der Waals surface area contributed by atoms with Crippen molar-refractivity contribution in [2.24, 2.45) is 0 Å². The van der Waals surface area contributed by atoms with Gasteiger partial charge >= 0.3 is 0 Å². The minimum atomic E-state index is -1.19. The smallest absolute Gasteiger partial charge is 0.130 e. The fourth-order valence-electron chi connectivity index (χ4n) is 4.28. The number of aryl methyl sites for hydroxylation is 2. The van der Waals surface area contributed by atoms with Gasteiger partial charge < -0.3 is 24.9 Å². The van der Waals surface area contributed by atoms with Gasteiger partial charge in [0.25, 0.3) is 0 Å². The van der Waals surface area contributed by atoms with E-state index in [1.807, 2.05) is 0 Å². The molecule has 0 radical (unpaired) electrons. The van der Waals surface area contributed by atoms with Crippen LogP contribution in [0.25, 0.3) is 0 Å². The van der Waals surface area contributed by atoms with Crippen molar-refractivity contribution >= 4 is 5.97 Å². The maximum atomic E-state index is 9.49. The van der Waals surface area contributed by atoms with Gasteiger partial charge in [-0.1, -0.05) is 134 Å². The van der Waals surface area contributed by atoms with E-state index in [-0.39, 0.29) is 12.2 Å². The largest absolute Gasteiger partial charge is 0.545 e. The Hall–Kier alpha value is -2.63. The van der Waals surface area contributed by atoms with Crippen LogP contribution in [0.1, 0.15) is 129 Å². The van der Waals surface area contributed by atoms with E-state index in [4.69, 9.17) is 14.9 Å². The summed E-state index contributed by atoms with van der Waals surface area (Å²) in [5.41, 5.74) is 2.76. The van der Waals surface area contributed by atoms with Crippen LogP contribution in [-0.4, -0.2) is 28.9 Å². The highest BCUT2D eigenvalue weighted by Gasteiger charge is 2.08. The fraction of sp³-hybridized carbons (Fsp3) is 0.595. The van der Waals surface area contributed by atoms with Gasteiger partial charge in [-0.25, -0.2) is 0 Å². The summed E-state index contributed by atoms with van der Waals surface area (Å²) in [7, 11) is 0. The molecule has 1 unspecified atom stereocenters. The third kappa shape index (κ3) is 22.0. The lowest BCUT2D eigenvalue weighted by Gasteiger charge is -2.14. The number of para-hydroxylation sites is 2. The van der Waals surface area contributed by atoms with E-state index >= 15 is 0 Å². The summed E-state index contributed by atoms with van der Waals surface area (Å²) in [6, 6.07) is 17.3. The zero-order chi connectivity index (χ0) is 31.4. The molecule has 0 bridgehead atoms. The number of ether oxygens (including phenoxy) is 1. The Balaban J connectivity index is 0.00000129. The van der Waals surface area contributed by atoms with E-state index < -0.39 is 12.1 Å². The van der Waals surface area contributed by atoms with Crippen LogP contribution in [0.5, 0.6) is 11.5 Å². The molecule has 42 heavy (non-hydrogen) atoms. The lowest BCUT2D eigenvalue weighted by atomic mass is 10.0. The molecule has 2 rings (SSSR count). The molecule has 0 aromatic heterocycles. The minimum Gasteiger partial charge on any atom is -0.545 e. The Kier molecular flexibility index (Phi) is 25.5. The third-order valence-electron chi connectivity index (χ3n) is 6.88. The molecule has 2 N–H and O–H groups in total. The van der Waals surface area contributed by atoms with Crippen molar-refractivity contribution in [1.82, 2.24) is 0 Å². The molecule has 0 aliphatic rings. The van der Waals surface area contributed by atoms with E-state index in [1.165, 1.54) is 115 Å².